The lowest BCUT2D eigenvalue weighted by Gasteiger charge is -2.07. The van der Waals surface area contributed by atoms with Crippen molar-refractivity contribution >= 4 is 11.8 Å². The van der Waals surface area contributed by atoms with Crippen LogP contribution in [0.15, 0.2) is 97.2 Å². The standard InChI is InChI=1S/C29H38N2O3/c1-2-3-4-5-6-7-8-9-10-11-12-13-14-15-16-17-18-23-28(33)30-24-25-31-29(34)26-21-19-20-22-27(26)32/h3-4,6-7,9-10,12-13,15-16,18-23,32H,2,5,8,11,14,17,24-25H2,1H3,(H,30,33)(H,31,34)/b4-3-,7-6-,10-9-,13-12-,16-15-,23-18-. The Labute approximate surface area is 204 Å². The quantitative estimate of drug-likeness (QED) is 0.162. The van der Waals surface area contributed by atoms with Crippen LogP contribution < -0.4 is 10.6 Å². The van der Waals surface area contributed by atoms with Crippen LogP contribution >= 0.6 is 0 Å². The van der Waals surface area contributed by atoms with Gasteiger partial charge in [0.1, 0.15) is 5.75 Å². The smallest absolute Gasteiger partial charge is 0.255 e. The van der Waals surface area contributed by atoms with E-state index in [-0.39, 0.29) is 29.7 Å². The Morgan fingerprint density at radius 1 is 0.706 bits per heavy atom. The molecule has 0 radical (unpaired) electrons. The Hall–Kier alpha value is -3.60. The number of para-hydroxylation sites is 1. The molecule has 182 valence electrons. The molecule has 0 heterocycles. The van der Waals surface area contributed by atoms with Gasteiger partial charge in [0.2, 0.25) is 5.91 Å². The summed E-state index contributed by atoms with van der Waals surface area (Å²) in [7, 11) is 0. The summed E-state index contributed by atoms with van der Waals surface area (Å²) in [6.07, 6.45) is 30.3. The summed E-state index contributed by atoms with van der Waals surface area (Å²) in [4.78, 5) is 23.7. The highest BCUT2D eigenvalue weighted by molar-refractivity contribution is 5.96. The third-order valence-corrected chi connectivity index (χ3v) is 4.56. The van der Waals surface area contributed by atoms with Crippen LogP contribution in [0, 0.1) is 0 Å². The van der Waals surface area contributed by atoms with Gasteiger partial charge in [0.15, 0.2) is 0 Å². The first kappa shape index (κ1) is 28.4. The lowest BCUT2D eigenvalue weighted by atomic mass is 10.2. The minimum Gasteiger partial charge on any atom is -0.507 e. The molecule has 3 N–H and O–H groups in total. The highest BCUT2D eigenvalue weighted by Crippen LogP contribution is 2.14. The molecule has 34 heavy (non-hydrogen) atoms. The maximum atomic E-state index is 11.9. The third kappa shape index (κ3) is 15.2. The number of hydrogen-bond donors (Lipinski definition) is 3. The Morgan fingerprint density at radius 2 is 1.18 bits per heavy atom. The molecular weight excluding hydrogens is 424 g/mol. The topological polar surface area (TPSA) is 78.4 Å². The van der Waals surface area contributed by atoms with Crippen molar-refractivity contribution in [2.45, 2.75) is 45.4 Å². The van der Waals surface area contributed by atoms with Gasteiger partial charge in [-0.1, -0.05) is 85.9 Å². The van der Waals surface area contributed by atoms with Crippen molar-refractivity contribution in [1.82, 2.24) is 10.6 Å². The third-order valence-electron chi connectivity index (χ3n) is 4.56. The van der Waals surface area contributed by atoms with Crippen LogP contribution in [0.1, 0.15) is 55.8 Å². The molecule has 1 aromatic carbocycles. The summed E-state index contributed by atoms with van der Waals surface area (Å²) in [5, 5.41) is 15.0. The van der Waals surface area contributed by atoms with Crippen molar-refractivity contribution in [2.75, 3.05) is 13.1 Å². The molecule has 0 aromatic heterocycles. The van der Waals surface area contributed by atoms with E-state index < -0.39 is 0 Å². The van der Waals surface area contributed by atoms with Gasteiger partial charge in [-0.15, -0.1) is 0 Å². The highest BCUT2D eigenvalue weighted by Gasteiger charge is 2.08. The van der Waals surface area contributed by atoms with Crippen LogP contribution in [-0.2, 0) is 4.79 Å². The van der Waals surface area contributed by atoms with Gasteiger partial charge in [-0.25, -0.2) is 0 Å². The Bertz CT molecular complexity index is 892. The number of carbonyl (C=O) groups is 2. The Balaban J connectivity index is 2.04. The fraction of sp³-hybridized carbons (Fsp3) is 0.310. The maximum absolute atomic E-state index is 11.9. The molecule has 0 spiro atoms. The molecule has 0 aliphatic heterocycles. The summed E-state index contributed by atoms with van der Waals surface area (Å²) in [5.74, 6) is -0.646. The van der Waals surface area contributed by atoms with Gasteiger partial charge in [0.05, 0.1) is 5.56 Å². The Kier molecular flexibility index (Phi) is 16.8. The molecule has 0 aliphatic rings. The molecule has 0 saturated heterocycles. The zero-order valence-electron chi connectivity index (χ0n) is 20.2. The molecule has 0 unspecified atom stereocenters. The molecule has 0 atom stereocenters. The summed E-state index contributed by atoms with van der Waals surface area (Å²) in [6, 6.07) is 6.33. The molecule has 0 saturated carbocycles. The van der Waals surface area contributed by atoms with Crippen molar-refractivity contribution in [3.05, 3.63) is 103 Å². The number of allylic oxidation sites excluding steroid dienone is 11. The number of amides is 2. The van der Waals surface area contributed by atoms with Crippen LogP contribution in [0.3, 0.4) is 0 Å². The van der Waals surface area contributed by atoms with Crippen LogP contribution in [0.4, 0.5) is 0 Å². The van der Waals surface area contributed by atoms with E-state index in [0.717, 1.165) is 32.1 Å². The lowest BCUT2D eigenvalue weighted by Crippen LogP contribution is -2.34. The fourth-order valence-corrected chi connectivity index (χ4v) is 2.78. The number of carbonyl (C=O) groups excluding carboxylic acids is 2. The van der Waals surface area contributed by atoms with E-state index in [4.69, 9.17) is 0 Å². The molecule has 0 fully saturated rings. The van der Waals surface area contributed by atoms with E-state index in [1.54, 1.807) is 24.3 Å². The maximum Gasteiger partial charge on any atom is 0.255 e. The zero-order chi connectivity index (χ0) is 24.7. The van der Waals surface area contributed by atoms with Gasteiger partial charge >= 0.3 is 0 Å². The second-order valence-corrected chi connectivity index (χ2v) is 7.41. The van der Waals surface area contributed by atoms with Crippen LogP contribution in [0.25, 0.3) is 0 Å². The van der Waals surface area contributed by atoms with E-state index >= 15 is 0 Å². The zero-order valence-corrected chi connectivity index (χ0v) is 20.2. The van der Waals surface area contributed by atoms with Crippen molar-refractivity contribution < 1.29 is 14.7 Å². The van der Waals surface area contributed by atoms with Crippen molar-refractivity contribution in [3.8, 4) is 5.75 Å². The average molecular weight is 463 g/mol. The molecule has 0 aliphatic carbocycles. The molecule has 1 rings (SSSR count). The number of phenols is 1. The van der Waals surface area contributed by atoms with Crippen LogP contribution in [0.5, 0.6) is 5.75 Å². The van der Waals surface area contributed by atoms with E-state index in [1.165, 1.54) is 12.1 Å². The molecule has 5 nitrogen and oxygen atoms in total. The monoisotopic (exact) mass is 462 g/mol. The highest BCUT2D eigenvalue weighted by atomic mass is 16.3. The summed E-state index contributed by atoms with van der Waals surface area (Å²) < 4.78 is 0. The van der Waals surface area contributed by atoms with Gasteiger partial charge in [0.25, 0.3) is 5.91 Å². The number of phenolic OH excluding ortho intramolecular Hbond substituents is 1. The first-order valence-corrected chi connectivity index (χ1v) is 11.9. The van der Waals surface area contributed by atoms with E-state index in [9.17, 15) is 14.7 Å². The van der Waals surface area contributed by atoms with Gasteiger partial charge in [0, 0.05) is 13.1 Å². The minimum absolute atomic E-state index is 0.0676. The molecular formula is C29H38N2O3. The van der Waals surface area contributed by atoms with E-state index in [2.05, 4.69) is 72.2 Å². The summed E-state index contributed by atoms with van der Waals surface area (Å²) in [5.41, 5.74) is 0.214. The number of nitrogens with one attached hydrogen (secondary N) is 2. The van der Waals surface area contributed by atoms with Gasteiger partial charge in [-0.05, 0) is 56.7 Å². The molecule has 0 bridgehead atoms. The van der Waals surface area contributed by atoms with Gasteiger partial charge in [-0.3, -0.25) is 9.59 Å². The largest absolute Gasteiger partial charge is 0.507 e. The second-order valence-electron chi connectivity index (χ2n) is 7.41. The number of rotatable bonds is 16. The van der Waals surface area contributed by atoms with Crippen molar-refractivity contribution in [1.29, 1.82) is 0 Å². The second kappa shape index (κ2) is 20.0. The number of hydrogen-bond acceptors (Lipinski definition) is 3. The predicted octanol–water partition coefficient (Wildman–Crippen LogP) is 5.94. The van der Waals surface area contributed by atoms with Gasteiger partial charge in [-0.2, -0.15) is 0 Å². The number of benzene rings is 1. The summed E-state index contributed by atoms with van der Waals surface area (Å²) >= 11 is 0. The van der Waals surface area contributed by atoms with Crippen LogP contribution in [0.2, 0.25) is 0 Å². The Morgan fingerprint density at radius 3 is 1.71 bits per heavy atom. The normalized spacial score (nSPS) is 12.3. The van der Waals surface area contributed by atoms with E-state index in [0.29, 0.717) is 13.0 Å². The number of aromatic hydroxyl groups is 1. The fourth-order valence-electron chi connectivity index (χ4n) is 2.78. The molecule has 2 amide bonds. The van der Waals surface area contributed by atoms with Crippen molar-refractivity contribution in [3.63, 3.8) is 0 Å². The van der Waals surface area contributed by atoms with Crippen molar-refractivity contribution in [2.24, 2.45) is 0 Å². The first-order valence-electron chi connectivity index (χ1n) is 11.9. The predicted molar refractivity (Wildman–Crippen MR) is 142 cm³/mol. The van der Waals surface area contributed by atoms with Crippen LogP contribution in [-0.4, -0.2) is 30.0 Å². The lowest BCUT2D eigenvalue weighted by molar-refractivity contribution is -0.116. The molecule has 5 heteroatoms. The molecule has 1 aromatic rings. The SMILES string of the molecule is CC/C=C\C/C=C\C/C=C\C/C=C\C/C=C\C/C=C\C(=O)NCCNC(=O)c1ccccc1O. The first-order chi connectivity index (χ1) is 16.6. The average Bonchev–Trinajstić information content (AvgIpc) is 2.84. The minimum atomic E-state index is -0.374. The summed E-state index contributed by atoms with van der Waals surface area (Å²) in [6.45, 7) is 2.73. The van der Waals surface area contributed by atoms with Gasteiger partial charge < -0.3 is 15.7 Å². The van der Waals surface area contributed by atoms with E-state index in [1.807, 2.05) is 6.08 Å².